The molecule has 13 heavy (non-hydrogen) atoms. The van der Waals surface area contributed by atoms with Crippen molar-refractivity contribution in [1.82, 2.24) is 0 Å². The molecule has 0 N–H and O–H groups in total. The lowest BCUT2D eigenvalue weighted by atomic mass is 10.1. The van der Waals surface area contributed by atoms with Gasteiger partial charge in [0.15, 0.2) is 0 Å². The summed E-state index contributed by atoms with van der Waals surface area (Å²) in [5, 5.41) is 0. The van der Waals surface area contributed by atoms with Crippen molar-refractivity contribution >= 4 is 28.9 Å². The molecule has 2 nitrogen and oxygen atoms in total. The second-order valence-corrected chi connectivity index (χ2v) is 3.72. The number of carbonyl (C=O) groups excluding carboxylic acids is 1. The van der Waals surface area contributed by atoms with Gasteiger partial charge in [0, 0.05) is 6.42 Å². The molecule has 0 saturated heterocycles. The second kappa shape index (κ2) is 5.21. The first-order chi connectivity index (χ1) is 6.29. The van der Waals surface area contributed by atoms with E-state index in [9.17, 15) is 4.79 Å². The molecular formula is C10H11IO2. The summed E-state index contributed by atoms with van der Waals surface area (Å²) < 4.78 is 6.27. The average molecular weight is 290 g/mol. The maximum atomic E-state index is 10.2. The Morgan fingerprint density at radius 1 is 1.54 bits per heavy atom. The highest BCUT2D eigenvalue weighted by atomic mass is 127. The molecule has 0 bridgehead atoms. The lowest BCUT2D eigenvalue weighted by Gasteiger charge is -2.06. The Hall–Kier alpha value is -0.580. The Morgan fingerprint density at radius 2 is 2.31 bits per heavy atom. The topological polar surface area (TPSA) is 26.3 Å². The predicted molar refractivity (Wildman–Crippen MR) is 60.1 cm³/mol. The lowest BCUT2D eigenvalue weighted by Crippen LogP contribution is -1.94. The number of carbonyl (C=O) groups is 1. The molecule has 70 valence electrons. The van der Waals surface area contributed by atoms with E-state index in [1.54, 1.807) is 7.11 Å². The number of hydrogen-bond donors (Lipinski definition) is 0. The van der Waals surface area contributed by atoms with E-state index in [1.807, 2.05) is 18.2 Å². The van der Waals surface area contributed by atoms with Gasteiger partial charge in [-0.1, -0.05) is 12.1 Å². The molecule has 0 heterocycles. The van der Waals surface area contributed by atoms with Gasteiger partial charge in [0.1, 0.15) is 12.0 Å². The van der Waals surface area contributed by atoms with Crippen LogP contribution in [0.3, 0.4) is 0 Å². The van der Waals surface area contributed by atoms with Crippen LogP contribution in [0.5, 0.6) is 5.75 Å². The Labute approximate surface area is 91.4 Å². The van der Waals surface area contributed by atoms with Gasteiger partial charge >= 0.3 is 0 Å². The van der Waals surface area contributed by atoms with Crippen molar-refractivity contribution < 1.29 is 9.53 Å². The van der Waals surface area contributed by atoms with Crippen molar-refractivity contribution in [3.05, 3.63) is 27.3 Å². The van der Waals surface area contributed by atoms with Crippen molar-refractivity contribution in [1.29, 1.82) is 0 Å². The molecule has 0 aliphatic heterocycles. The molecule has 1 rings (SSSR count). The molecule has 1 aromatic rings. The SMILES string of the molecule is COc1cccc(CCC=O)c1I. The number of halogens is 1. The minimum absolute atomic E-state index is 0.573. The van der Waals surface area contributed by atoms with Gasteiger partial charge < -0.3 is 9.53 Å². The summed E-state index contributed by atoms with van der Waals surface area (Å²) >= 11 is 2.24. The van der Waals surface area contributed by atoms with Gasteiger partial charge in [-0.3, -0.25) is 0 Å². The number of rotatable bonds is 4. The number of benzene rings is 1. The zero-order valence-corrected chi connectivity index (χ0v) is 9.58. The van der Waals surface area contributed by atoms with Crippen LogP contribution in [0.4, 0.5) is 0 Å². The normalized spacial score (nSPS) is 9.69. The molecule has 0 aliphatic carbocycles. The Balaban J connectivity index is 2.87. The number of ether oxygens (including phenoxy) is 1. The minimum atomic E-state index is 0.573. The van der Waals surface area contributed by atoms with Crippen LogP contribution in [0, 0.1) is 3.57 Å². The molecule has 0 aliphatic rings. The van der Waals surface area contributed by atoms with Crippen LogP contribution >= 0.6 is 22.6 Å². The molecule has 0 aromatic heterocycles. The summed E-state index contributed by atoms with van der Waals surface area (Å²) in [6, 6.07) is 5.89. The lowest BCUT2D eigenvalue weighted by molar-refractivity contribution is -0.107. The minimum Gasteiger partial charge on any atom is -0.496 e. The Morgan fingerprint density at radius 3 is 2.92 bits per heavy atom. The third-order valence-corrected chi connectivity index (χ3v) is 3.02. The molecule has 0 fully saturated rings. The van der Waals surface area contributed by atoms with E-state index in [4.69, 9.17) is 4.74 Å². The summed E-state index contributed by atoms with van der Waals surface area (Å²) in [5.41, 5.74) is 1.17. The maximum absolute atomic E-state index is 10.2. The van der Waals surface area contributed by atoms with Crippen molar-refractivity contribution in [3.8, 4) is 5.75 Å². The fraction of sp³-hybridized carbons (Fsp3) is 0.300. The Bertz CT molecular complexity index is 297. The van der Waals surface area contributed by atoms with E-state index in [-0.39, 0.29) is 0 Å². The quantitative estimate of drug-likeness (QED) is 0.629. The van der Waals surface area contributed by atoms with Crippen LogP contribution in [-0.2, 0) is 11.2 Å². The van der Waals surface area contributed by atoms with Gasteiger partial charge in [-0.05, 0) is 40.6 Å². The van der Waals surface area contributed by atoms with Crippen molar-refractivity contribution in [2.45, 2.75) is 12.8 Å². The average Bonchev–Trinajstić information content (AvgIpc) is 2.16. The number of aldehydes is 1. The van der Waals surface area contributed by atoms with Crippen LogP contribution in [-0.4, -0.2) is 13.4 Å². The molecule has 0 unspecified atom stereocenters. The first-order valence-corrected chi connectivity index (χ1v) is 5.12. The molecular weight excluding hydrogens is 279 g/mol. The first kappa shape index (κ1) is 10.5. The molecule has 1 aromatic carbocycles. The molecule has 0 spiro atoms. The highest BCUT2D eigenvalue weighted by Gasteiger charge is 2.04. The van der Waals surface area contributed by atoms with E-state index < -0.39 is 0 Å². The van der Waals surface area contributed by atoms with Crippen LogP contribution in [0.15, 0.2) is 18.2 Å². The summed E-state index contributed by atoms with van der Waals surface area (Å²) in [4.78, 5) is 10.2. The molecule has 0 atom stereocenters. The second-order valence-electron chi connectivity index (χ2n) is 2.64. The number of methoxy groups -OCH3 is 1. The van der Waals surface area contributed by atoms with E-state index in [0.717, 1.165) is 22.0 Å². The predicted octanol–water partition coefficient (Wildman–Crippen LogP) is 2.43. The highest BCUT2D eigenvalue weighted by molar-refractivity contribution is 14.1. The fourth-order valence-electron chi connectivity index (χ4n) is 1.12. The van der Waals surface area contributed by atoms with Crippen molar-refractivity contribution in [2.75, 3.05) is 7.11 Å². The van der Waals surface area contributed by atoms with Gasteiger partial charge in [-0.15, -0.1) is 0 Å². The van der Waals surface area contributed by atoms with Crippen molar-refractivity contribution in [3.63, 3.8) is 0 Å². The van der Waals surface area contributed by atoms with E-state index in [0.29, 0.717) is 6.42 Å². The molecule has 0 amide bonds. The summed E-state index contributed by atoms with van der Waals surface area (Å²) in [6.07, 6.45) is 2.30. The van der Waals surface area contributed by atoms with Gasteiger partial charge in [-0.25, -0.2) is 0 Å². The van der Waals surface area contributed by atoms with Gasteiger partial charge in [-0.2, -0.15) is 0 Å². The first-order valence-electron chi connectivity index (χ1n) is 4.04. The van der Waals surface area contributed by atoms with E-state index >= 15 is 0 Å². The number of hydrogen-bond acceptors (Lipinski definition) is 2. The maximum Gasteiger partial charge on any atom is 0.132 e. The third kappa shape index (κ3) is 2.69. The monoisotopic (exact) mass is 290 g/mol. The van der Waals surface area contributed by atoms with Crippen LogP contribution in [0.1, 0.15) is 12.0 Å². The molecule has 3 heteroatoms. The van der Waals surface area contributed by atoms with E-state index in [1.165, 1.54) is 5.56 Å². The fourth-order valence-corrected chi connectivity index (χ4v) is 1.97. The summed E-state index contributed by atoms with van der Waals surface area (Å²) in [5.74, 6) is 0.879. The Kier molecular flexibility index (Phi) is 4.21. The summed E-state index contributed by atoms with van der Waals surface area (Å²) in [7, 11) is 1.65. The highest BCUT2D eigenvalue weighted by Crippen LogP contribution is 2.24. The van der Waals surface area contributed by atoms with Gasteiger partial charge in [0.2, 0.25) is 0 Å². The standard InChI is InChI=1S/C10H11IO2/c1-13-9-6-2-4-8(10(9)11)5-3-7-12/h2,4,6-7H,3,5H2,1H3. The molecule has 0 saturated carbocycles. The van der Waals surface area contributed by atoms with Crippen LogP contribution in [0.25, 0.3) is 0 Å². The summed E-state index contributed by atoms with van der Waals surface area (Å²) in [6.45, 7) is 0. The van der Waals surface area contributed by atoms with Gasteiger partial charge in [0.05, 0.1) is 10.7 Å². The van der Waals surface area contributed by atoms with Crippen LogP contribution < -0.4 is 4.74 Å². The smallest absolute Gasteiger partial charge is 0.132 e. The third-order valence-electron chi connectivity index (χ3n) is 1.79. The number of aryl methyl sites for hydroxylation is 1. The van der Waals surface area contributed by atoms with Crippen LogP contribution in [0.2, 0.25) is 0 Å². The zero-order valence-electron chi connectivity index (χ0n) is 7.42. The van der Waals surface area contributed by atoms with Gasteiger partial charge in [0.25, 0.3) is 0 Å². The zero-order chi connectivity index (χ0) is 9.68. The van der Waals surface area contributed by atoms with E-state index in [2.05, 4.69) is 22.6 Å². The van der Waals surface area contributed by atoms with Crippen molar-refractivity contribution in [2.24, 2.45) is 0 Å². The largest absolute Gasteiger partial charge is 0.496 e. The molecule has 0 radical (unpaired) electrons.